The van der Waals surface area contributed by atoms with Gasteiger partial charge in [0.1, 0.15) is 6.54 Å². The molecule has 0 radical (unpaired) electrons. The van der Waals surface area contributed by atoms with Crippen molar-refractivity contribution < 1.29 is 23.5 Å². The Bertz CT molecular complexity index is 754. The number of carbonyl (C=O) groups is 1. The molecular weight excluding hydrogens is 369 g/mol. The van der Waals surface area contributed by atoms with Crippen LogP contribution in [-0.4, -0.2) is 35.5 Å². The van der Waals surface area contributed by atoms with Gasteiger partial charge in [0.05, 0.1) is 13.2 Å². The van der Waals surface area contributed by atoms with Crippen molar-refractivity contribution in [2.24, 2.45) is 0 Å². The van der Waals surface area contributed by atoms with E-state index in [-0.39, 0.29) is 19.2 Å². The molecule has 0 aliphatic heterocycles. The smallest absolute Gasteiger partial charge is 0.435 e. The lowest BCUT2D eigenvalue weighted by Crippen LogP contribution is -2.39. The zero-order valence-electron chi connectivity index (χ0n) is 14.9. The van der Waals surface area contributed by atoms with Crippen LogP contribution in [0.25, 0.3) is 0 Å². The van der Waals surface area contributed by atoms with Gasteiger partial charge in [0.25, 0.3) is 0 Å². The summed E-state index contributed by atoms with van der Waals surface area (Å²) in [5.74, 6) is -1.49. The second-order valence-electron chi connectivity index (χ2n) is 5.73. The molecule has 0 aliphatic rings. The molecule has 0 unspecified atom stereocenters. The summed E-state index contributed by atoms with van der Waals surface area (Å²) in [6.45, 7) is -0.408. The fraction of sp³-hybridized carbons (Fsp3) is 0.222. The van der Waals surface area contributed by atoms with Gasteiger partial charge in [0, 0.05) is 7.05 Å². The van der Waals surface area contributed by atoms with E-state index in [0.29, 0.717) is 0 Å². The van der Waals surface area contributed by atoms with Crippen molar-refractivity contribution in [3.05, 3.63) is 71.8 Å². The average Bonchev–Trinajstić information content (AvgIpc) is 2.66. The van der Waals surface area contributed by atoms with Gasteiger partial charge in [-0.3, -0.25) is 24.3 Å². The topological polar surface area (TPSA) is 112 Å². The molecule has 0 saturated carbocycles. The number of nitrogens with one attached hydrogen (secondary N) is 2. The molecule has 0 bridgehead atoms. The highest BCUT2D eigenvalue weighted by molar-refractivity contribution is 7.52. The second kappa shape index (κ2) is 9.87. The molecule has 3 N–H and O–H groups in total. The standard InChI is InChI=1S/C18H22N3O5P/c1-21(12-17(22)23)18(19)20-27(24,25-13-15-8-4-2-5-9-15)26-14-16-10-6-3-7-11-16/h2-11H,12-14H2,1H3,(H,22,23)(H2,19,20,24). The quantitative estimate of drug-likeness (QED) is 0.342. The van der Waals surface area contributed by atoms with Crippen LogP contribution in [0.3, 0.4) is 0 Å². The molecule has 0 saturated heterocycles. The lowest BCUT2D eigenvalue weighted by atomic mass is 10.2. The van der Waals surface area contributed by atoms with E-state index in [4.69, 9.17) is 19.6 Å². The number of benzene rings is 2. The monoisotopic (exact) mass is 391 g/mol. The molecule has 0 amide bonds. The summed E-state index contributed by atoms with van der Waals surface area (Å²) >= 11 is 0. The van der Waals surface area contributed by atoms with Crippen LogP contribution in [0.15, 0.2) is 60.7 Å². The normalized spacial score (nSPS) is 11.0. The SMILES string of the molecule is CN(CC(=O)O)C(=N)NP(=O)(OCc1ccccc1)OCc1ccccc1. The van der Waals surface area contributed by atoms with E-state index in [2.05, 4.69) is 5.09 Å². The first-order valence-corrected chi connectivity index (χ1v) is 9.69. The molecule has 9 heteroatoms. The number of carboxylic acid groups (broad SMARTS) is 1. The number of likely N-dealkylation sites (N-methyl/N-ethyl adjacent to an activating group) is 1. The zero-order valence-corrected chi connectivity index (χ0v) is 15.8. The Kier molecular flexibility index (Phi) is 7.55. The predicted molar refractivity (Wildman–Crippen MR) is 101 cm³/mol. The number of rotatable bonds is 9. The van der Waals surface area contributed by atoms with Crippen molar-refractivity contribution in [1.82, 2.24) is 9.99 Å². The van der Waals surface area contributed by atoms with E-state index < -0.39 is 20.3 Å². The fourth-order valence-corrected chi connectivity index (χ4v) is 3.34. The number of aliphatic carboxylic acids is 1. The van der Waals surface area contributed by atoms with E-state index in [1.54, 1.807) is 0 Å². The Morgan fingerprint density at radius 1 is 1.04 bits per heavy atom. The minimum Gasteiger partial charge on any atom is -0.480 e. The van der Waals surface area contributed by atoms with Crippen molar-refractivity contribution >= 4 is 19.7 Å². The van der Waals surface area contributed by atoms with E-state index in [1.165, 1.54) is 7.05 Å². The third kappa shape index (κ3) is 7.22. The highest BCUT2D eigenvalue weighted by Gasteiger charge is 2.28. The van der Waals surface area contributed by atoms with E-state index in [0.717, 1.165) is 16.0 Å². The predicted octanol–water partition coefficient (Wildman–Crippen LogP) is 3.07. The maximum absolute atomic E-state index is 13.1. The number of carboxylic acids is 1. The molecule has 2 aromatic carbocycles. The van der Waals surface area contributed by atoms with Gasteiger partial charge in [-0.15, -0.1) is 0 Å². The molecule has 0 fully saturated rings. The van der Waals surface area contributed by atoms with Crippen LogP contribution >= 0.6 is 7.75 Å². The van der Waals surface area contributed by atoms with Crippen molar-refractivity contribution in [3.8, 4) is 0 Å². The fourth-order valence-electron chi connectivity index (χ4n) is 2.07. The van der Waals surface area contributed by atoms with Gasteiger partial charge in [-0.25, -0.2) is 4.57 Å². The van der Waals surface area contributed by atoms with Crippen LogP contribution in [0.2, 0.25) is 0 Å². The minimum atomic E-state index is -3.91. The Morgan fingerprint density at radius 3 is 1.89 bits per heavy atom. The molecule has 0 aliphatic carbocycles. The first-order chi connectivity index (χ1) is 12.9. The summed E-state index contributed by atoms with van der Waals surface area (Å²) in [6.07, 6.45) is 0. The molecule has 2 rings (SSSR count). The first-order valence-electron chi connectivity index (χ1n) is 8.15. The lowest BCUT2D eigenvalue weighted by molar-refractivity contribution is -0.137. The lowest BCUT2D eigenvalue weighted by Gasteiger charge is -2.24. The molecular formula is C18H22N3O5P. The van der Waals surface area contributed by atoms with Crippen molar-refractivity contribution in [2.45, 2.75) is 13.2 Å². The molecule has 0 heterocycles. The maximum atomic E-state index is 13.1. The number of guanidine groups is 1. The number of hydrogen-bond donors (Lipinski definition) is 3. The maximum Gasteiger partial charge on any atom is 0.435 e. The van der Waals surface area contributed by atoms with Crippen LogP contribution in [0.4, 0.5) is 0 Å². The number of hydrogen-bond acceptors (Lipinski definition) is 5. The van der Waals surface area contributed by atoms with Gasteiger partial charge in [-0.1, -0.05) is 60.7 Å². The minimum absolute atomic E-state index is 0.00975. The highest BCUT2D eigenvalue weighted by Crippen LogP contribution is 2.45. The Hall–Kier alpha value is -2.67. The van der Waals surface area contributed by atoms with Crippen molar-refractivity contribution in [2.75, 3.05) is 13.6 Å². The summed E-state index contributed by atoms with van der Waals surface area (Å²) in [6, 6.07) is 18.2. The van der Waals surface area contributed by atoms with E-state index in [1.807, 2.05) is 60.7 Å². The Labute approximate surface area is 157 Å². The molecule has 0 atom stereocenters. The van der Waals surface area contributed by atoms with Gasteiger partial charge in [0.2, 0.25) is 0 Å². The van der Waals surface area contributed by atoms with Gasteiger partial charge in [-0.2, -0.15) is 0 Å². The third-order valence-electron chi connectivity index (χ3n) is 3.48. The third-order valence-corrected chi connectivity index (χ3v) is 4.91. The molecule has 2 aromatic rings. The summed E-state index contributed by atoms with van der Waals surface area (Å²) in [5, 5.41) is 19.2. The second-order valence-corrected chi connectivity index (χ2v) is 7.46. The summed E-state index contributed by atoms with van der Waals surface area (Å²) < 4.78 is 24.0. The van der Waals surface area contributed by atoms with Crippen molar-refractivity contribution in [3.63, 3.8) is 0 Å². The van der Waals surface area contributed by atoms with Crippen LogP contribution in [0.1, 0.15) is 11.1 Å². The molecule has 144 valence electrons. The highest BCUT2D eigenvalue weighted by atomic mass is 31.2. The largest absolute Gasteiger partial charge is 0.480 e. The van der Waals surface area contributed by atoms with E-state index >= 15 is 0 Å². The zero-order chi connectivity index (χ0) is 19.7. The van der Waals surface area contributed by atoms with Gasteiger partial charge in [-0.05, 0) is 11.1 Å². The van der Waals surface area contributed by atoms with Crippen molar-refractivity contribution in [1.29, 1.82) is 5.41 Å². The molecule has 0 aromatic heterocycles. The van der Waals surface area contributed by atoms with Gasteiger partial charge >= 0.3 is 13.7 Å². The Morgan fingerprint density at radius 2 is 1.48 bits per heavy atom. The molecule has 0 spiro atoms. The summed E-state index contributed by atoms with van der Waals surface area (Å²) in [7, 11) is -2.52. The van der Waals surface area contributed by atoms with Gasteiger partial charge < -0.3 is 10.0 Å². The summed E-state index contributed by atoms with van der Waals surface area (Å²) in [4.78, 5) is 11.9. The number of nitrogens with zero attached hydrogens (tertiary/aromatic N) is 1. The molecule has 27 heavy (non-hydrogen) atoms. The van der Waals surface area contributed by atoms with Crippen LogP contribution in [0, 0.1) is 5.41 Å². The van der Waals surface area contributed by atoms with Gasteiger partial charge in [0.15, 0.2) is 5.96 Å². The molecule has 8 nitrogen and oxygen atoms in total. The summed E-state index contributed by atoms with van der Waals surface area (Å²) in [5.41, 5.74) is 1.57. The van der Waals surface area contributed by atoms with E-state index in [9.17, 15) is 9.36 Å². The van der Waals surface area contributed by atoms with Crippen LogP contribution < -0.4 is 5.09 Å². The first kappa shape index (κ1) is 20.6. The van der Waals surface area contributed by atoms with Crippen LogP contribution in [0.5, 0.6) is 0 Å². The average molecular weight is 391 g/mol. The Balaban J connectivity index is 2.07. The van der Waals surface area contributed by atoms with Crippen LogP contribution in [-0.2, 0) is 31.6 Å².